The van der Waals surface area contributed by atoms with E-state index in [-0.39, 0.29) is 43.1 Å². The molecular formula is C30H27FN2O5. The van der Waals surface area contributed by atoms with Crippen molar-refractivity contribution in [1.29, 1.82) is 0 Å². The van der Waals surface area contributed by atoms with Crippen LogP contribution in [0.2, 0.25) is 0 Å². The molecule has 0 aliphatic rings. The lowest BCUT2D eigenvalue weighted by atomic mass is 10.1. The number of benzene rings is 3. The van der Waals surface area contributed by atoms with Crippen LogP contribution in [0.4, 0.5) is 4.39 Å². The number of carbonyl (C=O) groups is 2. The molecule has 0 aliphatic carbocycles. The predicted molar refractivity (Wildman–Crippen MR) is 142 cm³/mol. The summed E-state index contributed by atoms with van der Waals surface area (Å²) in [5.74, 6) is -0.546. The first-order valence-electron chi connectivity index (χ1n) is 12.0. The largest absolute Gasteiger partial charge is 0.497 e. The molecule has 0 radical (unpaired) electrons. The summed E-state index contributed by atoms with van der Waals surface area (Å²) in [5, 5.41) is 0.405. The molecule has 0 unspecified atom stereocenters. The monoisotopic (exact) mass is 514 g/mol. The van der Waals surface area contributed by atoms with Crippen molar-refractivity contribution in [1.82, 2.24) is 9.80 Å². The highest BCUT2D eigenvalue weighted by Crippen LogP contribution is 2.16. The van der Waals surface area contributed by atoms with Gasteiger partial charge in [0.2, 0.25) is 5.91 Å². The molecule has 0 saturated carbocycles. The Balaban J connectivity index is 1.62. The van der Waals surface area contributed by atoms with Gasteiger partial charge in [-0.3, -0.25) is 14.4 Å². The fraction of sp³-hybridized carbons (Fsp3) is 0.167. The third-order valence-corrected chi connectivity index (χ3v) is 6.05. The molecule has 0 spiro atoms. The van der Waals surface area contributed by atoms with Crippen LogP contribution in [0.25, 0.3) is 11.0 Å². The van der Waals surface area contributed by atoms with Gasteiger partial charge >= 0.3 is 0 Å². The Hall–Kier alpha value is -4.72. The zero-order valence-electron chi connectivity index (χ0n) is 20.9. The van der Waals surface area contributed by atoms with Gasteiger partial charge in [0, 0.05) is 18.7 Å². The zero-order valence-corrected chi connectivity index (χ0v) is 20.9. The Morgan fingerprint density at radius 3 is 2.37 bits per heavy atom. The molecule has 0 fully saturated rings. The van der Waals surface area contributed by atoms with Gasteiger partial charge in [0.1, 0.15) is 23.7 Å². The van der Waals surface area contributed by atoms with E-state index in [9.17, 15) is 18.8 Å². The van der Waals surface area contributed by atoms with Gasteiger partial charge in [-0.2, -0.15) is 0 Å². The highest BCUT2D eigenvalue weighted by Gasteiger charge is 2.23. The Kier molecular flexibility index (Phi) is 8.33. The summed E-state index contributed by atoms with van der Waals surface area (Å²) in [5.41, 5.74) is 1.54. The van der Waals surface area contributed by atoms with Gasteiger partial charge in [-0.25, -0.2) is 4.39 Å². The quantitative estimate of drug-likeness (QED) is 0.284. The van der Waals surface area contributed by atoms with Crippen molar-refractivity contribution in [3.63, 3.8) is 0 Å². The third kappa shape index (κ3) is 6.15. The summed E-state index contributed by atoms with van der Waals surface area (Å²) in [7, 11) is 1.53. The number of carbonyl (C=O) groups excluding carboxylic acids is 2. The first-order valence-corrected chi connectivity index (χ1v) is 12.0. The van der Waals surface area contributed by atoms with E-state index in [0.717, 1.165) is 0 Å². The van der Waals surface area contributed by atoms with Gasteiger partial charge in [0.25, 0.3) is 5.91 Å². The number of halogens is 1. The Morgan fingerprint density at radius 2 is 1.68 bits per heavy atom. The van der Waals surface area contributed by atoms with E-state index in [0.29, 0.717) is 27.8 Å². The number of hydrogen-bond donors (Lipinski definition) is 0. The number of amides is 2. The average Bonchev–Trinajstić information content (AvgIpc) is 2.94. The van der Waals surface area contributed by atoms with Crippen LogP contribution in [-0.4, -0.2) is 41.8 Å². The Bertz CT molecular complexity index is 1500. The van der Waals surface area contributed by atoms with Crippen LogP contribution in [0.3, 0.4) is 0 Å². The van der Waals surface area contributed by atoms with Crippen molar-refractivity contribution in [3.05, 3.63) is 124 Å². The second-order valence-corrected chi connectivity index (χ2v) is 8.67. The van der Waals surface area contributed by atoms with Crippen molar-refractivity contribution in [2.45, 2.75) is 13.1 Å². The minimum absolute atomic E-state index is 0.0535. The topological polar surface area (TPSA) is 80.1 Å². The van der Waals surface area contributed by atoms with Gasteiger partial charge < -0.3 is 19.0 Å². The second kappa shape index (κ2) is 12.0. The fourth-order valence-electron chi connectivity index (χ4n) is 4.03. The van der Waals surface area contributed by atoms with E-state index in [1.54, 1.807) is 60.7 Å². The number of hydrogen-bond acceptors (Lipinski definition) is 5. The van der Waals surface area contributed by atoms with Crippen LogP contribution in [0.1, 0.15) is 21.5 Å². The molecule has 0 aliphatic heterocycles. The highest BCUT2D eigenvalue weighted by molar-refractivity contribution is 5.96. The van der Waals surface area contributed by atoms with Crippen LogP contribution in [-0.2, 0) is 17.9 Å². The molecule has 1 heterocycles. The molecule has 2 amide bonds. The molecule has 0 N–H and O–H groups in total. The molecule has 0 atom stereocenters. The first-order chi connectivity index (χ1) is 18.4. The second-order valence-electron chi connectivity index (χ2n) is 8.67. The number of ether oxygens (including phenoxy) is 1. The average molecular weight is 515 g/mol. The van der Waals surface area contributed by atoms with Gasteiger partial charge in [-0.05, 0) is 54.1 Å². The Labute approximate surface area is 219 Å². The van der Waals surface area contributed by atoms with Gasteiger partial charge in [-0.15, -0.1) is 6.58 Å². The summed E-state index contributed by atoms with van der Waals surface area (Å²) in [6.07, 6.45) is 2.89. The van der Waals surface area contributed by atoms with Crippen LogP contribution in [0.5, 0.6) is 5.75 Å². The number of fused-ring (bicyclic) bond motifs is 1. The predicted octanol–water partition coefficient (Wildman–Crippen LogP) is 4.80. The molecule has 7 nitrogen and oxygen atoms in total. The minimum atomic E-state index is -0.399. The summed E-state index contributed by atoms with van der Waals surface area (Å²) in [6, 6.07) is 19.2. The SMILES string of the molecule is C=CCN(CC(=O)N(Cc1ccc(F)cc1)Cc1coc2ccccc2c1=O)C(=O)c1ccc(OC)cc1. The van der Waals surface area contributed by atoms with E-state index in [1.165, 1.54) is 41.4 Å². The Morgan fingerprint density at radius 1 is 0.974 bits per heavy atom. The standard InChI is InChI=1S/C30H27FN2O5/c1-3-16-32(30(36)22-10-14-25(37-2)15-11-22)19-28(34)33(17-21-8-12-24(31)13-9-21)18-23-20-38-27-7-5-4-6-26(27)29(23)35/h3-15,20H,1,16-19H2,2H3. The highest BCUT2D eigenvalue weighted by atomic mass is 19.1. The molecule has 3 aromatic carbocycles. The van der Waals surface area contributed by atoms with E-state index >= 15 is 0 Å². The lowest BCUT2D eigenvalue weighted by molar-refractivity contribution is -0.133. The van der Waals surface area contributed by atoms with Gasteiger partial charge in [0.15, 0.2) is 5.43 Å². The molecule has 4 aromatic rings. The van der Waals surface area contributed by atoms with Crippen molar-refractivity contribution in [2.75, 3.05) is 20.2 Å². The summed E-state index contributed by atoms with van der Waals surface area (Å²) in [4.78, 5) is 42.7. The summed E-state index contributed by atoms with van der Waals surface area (Å²) >= 11 is 0. The minimum Gasteiger partial charge on any atom is -0.497 e. The van der Waals surface area contributed by atoms with Crippen molar-refractivity contribution in [3.8, 4) is 5.75 Å². The number of para-hydroxylation sites is 1. The van der Waals surface area contributed by atoms with Gasteiger partial charge in [0.05, 0.1) is 30.9 Å². The van der Waals surface area contributed by atoms with Crippen molar-refractivity contribution < 1.29 is 23.1 Å². The zero-order chi connectivity index (χ0) is 27.1. The first kappa shape index (κ1) is 26.3. The van der Waals surface area contributed by atoms with Crippen LogP contribution < -0.4 is 10.2 Å². The van der Waals surface area contributed by atoms with Gasteiger partial charge in [-0.1, -0.05) is 30.3 Å². The normalized spacial score (nSPS) is 10.7. The number of rotatable bonds is 10. The van der Waals surface area contributed by atoms with E-state index in [4.69, 9.17) is 9.15 Å². The lowest BCUT2D eigenvalue weighted by Crippen LogP contribution is -2.43. The molecule has 4 rings (SSSR count). The van der Waals surface area contributed by atoms with Crippen molar-refractivity contribution >= 4 is 22.8 Å². The van der Waals surface area contributed by atoms with E-state index in [1.807, 2.05) is 0 Å². The molecule has 8 heteroatoms. The van der Waals surface area contributed by atoms with Crippen molar-refractivity contribution in [2.24, 2.45) is 0 Å². The molecule has 38 heavy (non-hydrogen) atoms. The maximum absolute atomic E-state index is 13.6. The lowest BCUT2D eigenvalue weighted by Gasteiger charge is -2.27. The molecule has 194 valence electrons. The molecule has 0 bridgehead atoms. The van der Waals surface area contributed by atoms with E-state index in [2.05, 4.69) is 6.58 Å². The third-order valence-electron chi connectivity index (χ3n) is 6.05. The van der Waals surface area contributed by atoms with E-state index < -0.39 is 11.7 Å². The number of methoxy groups -OCH3 is 1. The molecule has 0 saturated heterocycles. The molecule has 1 aromatic heterocycles. The fourth-order valence-corrected chi connectivity index (χ4v) is 4.03. The smallest absolute Gasteiger partial charge is 0.254 e. The van der Waals surface area contributed by atoms with Crippen LogP contribution >= 0.6 is 0 Å². The summed E-state index contributed by atoms with van der Waals surface area (Å²) < 4.78 is 24.3. The maximum Gasteiger partial charge on any atom is 0.254 e. The maximum atomic E-state index is 13.6. The molecular weight excluding hydrogens is 487 g/mol. The summed E-state index contributed by atoms with van der Waals surface area (Å²) in [6.45, 7) is 3.65. The number of nitrogens with zero attached hydrogens (tertiary/aromatic N) is 2. The van der Waals surface area contributed by atoms with Crippen LogP contribution in [0, 0.1) is 5.82 Å². The van der Waals surface area contributed by atoms with Crippen LogP contribution in [0.15, 0.2) is 101 Å².